The van der Waals surface area contributed by atoms with E-state index in [4.69, 9.17) is 0 Å². The van der Waals surface area contributed by atoms with E-state index in [1.807, 2.05) is 25.2 Å². The average molecular weight is 429 g/mol. The molecule has 2 rings (SSSR count). The molecule has 0 saturated carbocycles. The quantitative estimate of drug-likeness (QED) is 0.307. The van der Waals surface area contributed by atoms with Gasteiger partial charge in [-0.25, -0.2) is 4.98 Å². The normalized spacial score (nSPS) is 11.3. The Kier molecular flexibility index (Phi) is 8.98. The number of nitrogens with zero attached hydrogens (tertiary/aromatic N) is 3. The molecule has 0 bridgehead atoms. The van der Waals surface area contributed by atoms with Gasteiger partial charge >= 0.3 is 0 Å². The summed E-state index contributed by atoms with van der Waals surface area (Å²) in [5, 5.41) is 3.42. The topological polar surface area (TPSA) is 56.3 Å². The maximum Gasteiger partial charge on any atom is 0.193 e. The molecule has 0 aliphatic carbocycles. The number of halogens is 1. The van der Waals surface area contributed by atoms with E-state index in [-0.39, 0.29) is 24.0 Å². The molecular weight excluding hydrogens is 401 g/mol. The third-order valence-electron chi connectivity index (χ3n) is 3.73. The molecule has 0 fully saturated rings. The number of para-hydroxylation sites is 2. The van der Waals surface area contributed by atoms with Crippen LogP contribution in [0.15, 0.2) is 29.3 Å². The van der Waals surface area contributed by atoms with Crippen molar-refractivity contribution in [2.75, 3.05) is 27.2 Å². The van der Waals surface area contributed by atoms with E-state index in [9.17, 15) is 0 Å². The zero-order valence-electron chi connectivity index (χ0n) is 14.3. The first-order valence-electron chi connectivity index (χ1n) is 8.10. The van der Waals surface area contributed by atoms with Gasteiger partial charge in [0, 0.05) is 33.6 Å². The molecule has 1 aromatic carbocycles. The van der Waals surface area contributed by atoms with E-state index in [2.05, 4.69) is 45.2 Å². The van der Waals surface area contributed by atoms with Crippen LogP contribution >= 0.6 is 24.0 Å². The molecule has 0 aliphatic rings. The second kappa shape index (κ2) is 10.5. The SMILES string of the molecule is CCCCN(C)C(=NC)NCCCc1nc2ccccc2[nH]1.I. The Morgan fingerprint density at radius 3 is 2.78 bits per heavy atom. The van der Waals surface area contributed by atoms with Gasteiger partial charge in [-0.05, 0) is 25.0 Å². The van der Waals surface area contributed by atoms with E-state index in [0.717, 1.165) is 48.7 Å². The van der Waals surface area contributed by atoms with Crippen LogP contribution < -0.4 is 5.32 Å². The monoisotopic (exact) mass is 429 g/mol. The predicted octanol–water partition coefficient (Wildman–Crippen LogP) is 3.42. The van der Waals surface area contributed by atoms with Gasteiger partial charge in [-0.1, -0.05) is 25.5 Å². The van der Waals surface area contributed by atoms with Crippen LogP contribution in [0.5, 0.6) is 0 Å². The molecule has 0 unspecified atom stereocenters. The van der Waals surface area contributed by atoms with Crippen LogP contribution in [-0.4, -0.2) is 48.0 Å². The molecule has 0 aliphatic heterocycles. The number of imidazole rings is 1. The third-order valence-corrected chi connectivity index (χ3v) is 3.73. The number of guanidine groups is 1. The molecule has 0 amide bonds. The second-order valence-electron chi connectivity index (χ2n) is 5.55. The van der Waals surface area contributed by atoms with E-state index in [1.54, 1.807) is 0 Å². The van der Waals surface area contributed by atoms with Crippen LogP contribution in [0, 0.1) is 0 Å². The van der Waals surface area contributed by atoms with Crippen molar-refractivity contribution in [3.8, 4) is 0 Å². The molecule has 0 saturated heterocycles. The summed E-state index contributed by atoms with van der Waals surface area (Å²) in [6.07, 6.45) is 4.36. The molecule has 1 heterocycles. The average Bonchev–Trinajstić information content (AvgIpc) is 2.95. The van der Waals surface area contributed by atoms with E-state index < -0.39 is 0 Å². The zero-order chi connectivity index (χ0) is 15.8. The number of H-pyrrole nitrogens is 1. The van der Waals surface area contributed by atoms with Crippen molar-refractivity contribution < 1.29 is 0 Å². The van der Waals surface area contributed by atoms with Gasteiger partial charge in [0.2, 0.25) is 0 Å². The van der Waals surface area contributed by atoms with E-state index in [0.29, 0.717) is 0 Å². The van der Waals surface area contributed by atoms with Crippen LogP contribution in [0.1, 0.15) is 32.0 Å². The Morgan fingerprint density at radius 2 is 2.09 bits per heavy atom. The van der Waals surface area contributed by atoms with Gasteiger partial charge in [0.05, 0.1) is 11.0 Å². The molecule has 0 spiro atoms. The Morgan fingerprint density at radius 1 is 1.30 bits per heavy atom. The number of unbranched alkanes of at least 4 members (excludes halogenated alkanes) is 1. The van der Waals surface area contributed by atoms with Gasteiger partial charge in [-0.3, -0.25) is 4.99 Å². The lowest BCUT2D eigenvalue weighted by molar-refractivity contribution is 0.464. The smallest absolute Gasteiger partial charge is 0.193 e. The van der Waals surface area contributed by atoms with Gasteiger partial charge in [0.25, 0.3) is 0 Å². The number of rotatable bonds is 7. The number of nitrogens with one attached hydrogen (secondary N) is 2. The van der Waals surface area contributed by atoms with Gasteiger partial charge in [-0.15, -0.1) is 24.0 Å². The Bertz CT molecular complexity index is 575. The highest BCUT2D eigenvalue weighted by Gasteiger charge is 2.05. The summed E-state index contributed by atoms with van der Waals surface area (Å²) >= 11 is 0. The summed E-state index contributed by atoms with van der Waals surface area (Å²) in [7, 11) is 3.92. The molecule has 128 valence electrons. The number of fused-ring (bicyclic) bond motifs is 1. The van der Waals surface area contributed by atoms with Gasteiger partial charge in [0.15, 0.2) is 5.96 Å². The molecule has 6 heteroatoms. The Labute approximate surface area is 156 Å². The molecule has 5 nitrogen and oxygen atoms in total. The molecule has 2 N–H and O–H groups in total. The molecule has 2 aromatic rings. The zero-order valence-corrected chi connectivity index (χ0v) is 16.6. The fourth-order valence-corrected chi connectivity index (χ4v) is 2.47. The Hall–Kier alpha value is -1.31. The minimum absolute atomic E-state index is 0. The summed E-state index contributed by atoms with van der Waals surface area (Å²) in [5.41, 5.74) is 2.15. The van der Waals surface area contributed by atoms with E-state index >= 15 is 0 Å². The lowest BCUT2D eigenvalue weighted by atomic mass is 10.3. The van der Waals surface area contributed by atoms with Crippen molar-refractivity contribution in [2.24, 2.45) is 4.99 Å². The summed E-state index contributed by atoms with van der Waals surface area (Å²) in [4.78, 5) is 14.5. The number of hydrogen-bond donors (Lipinski definition) is 2. The first kappa shape index (κ1) is 19.7. The lowest BCUT2D eigenvalue weighted by Gasteiger charge is -2.21. The van der Waals surface area contributed by atoms with Crippen molar-refractivity contribution in [2.45, 2.75) is 32.6 Å². The molecule has 0 radical (unpaired) electrons. The maximum absolute atomic E-state index is 4.60. The van der Waals surface area contributed by atoms with Crippen molar-refractivity contribution in [1.29, 1.82) is 0 Å². The highest BCUT2D eigenvalue weighted by molar-refractivity contribution is 14.0. The second-order valence-corrected chi connectivity index (χ2v) is 5.55. The number of aromatic amines is 1. The minimum atomic E-state index is 0. The van der Waals surface area contributed by atoms with Crippen molar-refractivity contribution in [3.05, 3.63) is 30.1 Å². The number of aliphatic imine (C=N–C) groups is 1. The summed E-state index contributed by atoms with van der Waals surface area (Å²) in [6.45, 7) is 4.15. The highest BCUT2D eigenvalue weighted by atomic mass is 127. The minimum Gasteiger partial charge on any atom is -0.356 e. The first-order valence-corrected chi connectivity index (χ1v) is 8.10. The third kappa shape index (κ3) is 6.01. The summed E-state index contributed by atoms with van der Waals surface area (Å²) in [6, 6.07) is 8.15. The van der Waals surface area contributed by atoms with Crippen LogP contribution in [-0.2, 0) is 6.42 Å². The molecule has 1 aromatic heterocycles. The maximum atomic E-state index is 4.60. The lowest BCUT2D eigenvalue weighted by Crippen LogP contribution is -2.39. The first-order chi connectivity index (χ1) is 10.7. The number of benzene rings is 1. The number of hydrogen-bond acceptors (Lipinski definition) is 2. The molecular formula is C17H28IN5. The largest absolute Gasteiger partial charge is 0.356 e. The number of aromatic nitrogens is 2. The predicted molar refractivity (Wildman–Crippen MR) is 109 cm³/mol. The van der Waals surface area contributed by atoms with E-state index in [1.165, 1.54) is 12.8 Å². The van der Waals surface area contributed by atoms with Crippen LogP contribution in [0.4, 0.5) is 0 Å². The standard InChI is InChI=1S/C17H27N5.HI/c1-4-5-13-22(3)17(18-2)19-12-8-11-16-20-14-9-6-7-10-15(14)21-16;/h6-7,9-10H,4-5,8,11-13H2,1-3H3,(H,18,19)(H,20,21);1H. The van der Waals surface area contributed by atoms with Gasteiger partial charge in [0.1, 0.15) is 5.82 Å². The van der Waals surface area contributed by atoms with Gasteiger partial charge in [-0.2, -0.15) is 0 Å². The van der Waals surface area contributed by atoms with Crippen molar-refractivity contribution >= 4 is 41.0 Å². The fourth-order valence-electron chi connectivity index (χ4n) is 2.47. The van der Waals surface area contributed by atoms with Crippen LogP contribution in [0.2, 0.25) is 0 Å². The van der Waals surface area contributed by atoms with Gasteiger partial charge < -0.3 is 15.2 Å². The van der Waals surface area contributed by atoms with Crippen LogP contribution in [0.25, 0.3) is 11.0 Å². The highest BCUT2D eigenvalue weighted by Crippen LogP contribution is 2.11. The van der Waals surface area contributed by atoms with Crippen LogP contribution in [0.3, 0.4) is 0 Å². The molecule has 0 atom stereocenters. The molecule has 23 heavy (non-hydrogen) atoms. The van der Waals surface area contributed by atoms with Crippen molar-refractivity contribution in [3.63, 3.8) is 0 Å². The fraction of sp³-hybridized carbons (Fsp3) is 0.529. The Balaban J connectivity index is 0.00000264. The van der Waals surface area contributed by atoms with Crippen molar-refractivity contribution in [1.82, 2.24) is 20.2 Å². The summed E-state index contributed by atoms with van der Waals surface area (Å²) < 4.78 is 0. The number of aryl methyl sites for hydroxylation is 1. The summed E-state index contributed by atoms with van der Waals surface area (Å²) in [5.74, 6) is 2.02.